The van der Waals surface area contributed by atoms with Crippen molar-refractivity contribution in [1.29, 1.82) is 0 Å². The van der Waals surface area contributed by atoms with Gasteiger partial charge in [-0.15, -0.1) is 0 Å². The van der Waals surface area contributed by atoms with Gasteiger partial charge in [0.05, 0.1) is 13.1 Å². The van der Waals surface area contributed by atoms with E-state index in [4.69, 9.17) is 0 Å². The average molecular weight is 667 g/mol. The van der Waals surface area contributed by atoms with Crippen LogP contribution in [0.2, 0.25) is 0 Å². The second-order valence-electron chi connectivity index (χ2n) is 13.9. The molecule has 0 aromatic heterocycles. The maximum atomic E-state index is 12.5. The Morgan fingerprint density at radius 3 is 0.864 bits per heavy atom. The van der Waals surface area contributed by atoms with Crippen LogP contribution in [-0.2, 0) is 20.2 Å². The molecule has 1 rings (SSSR count). The van der Waals surface area contributed by atoms with E-state index >= 15 is 0 Å². The van der Waals surface area contributed by atoms with Crippen molar-refractivity contribution in [2.24, 2.45) is 0 Å². The summed E-state index contributed by atoms with van der Waals surface area (Å²) in [6.45, 7) is 11.0. The summed E-state index contributed by atoms with van der Waals surface area (Å²) >= 11 is 0. The molecule has 1 fully saturated rings. The molecule has 2 atom stereocenters. The predicted molar refractivity (Wildman–Crippen MR) is 181 cm³/mol. The fraction of sp³-hybridized carbons (Fsp3) is 1.00. The topological polar surface area (TPSA) is 114 Å². The first-order valence-corrected chi connectivity index (χ1v) is 21.5. The fourth-order valence-electron chi connectivity index (χ4n) is 7.89. The zero-order chi connectivity index (χ0) is 33.0. The molecular weight excluding hydrogens is 597 g/mol. The van der Waals surface area contributed by atoms with Gasteiger partial charge in [0, 0.05) is 12.8 Å². The molecule has 0 aromatic carbocycles. The Labute approximate surface area is 273 Å². The van der Waals surface area contributed by atoms with Crippen molar-refractivity contribution in [3.05, 3.63) is 0 Å². The Kier molecular flexibility index (Phi) is 21.2. The van der Waals surface area contributed by atoms with Crippen LogP contribution in [0.3, 0.4) is 0 Å². The van der Waals surface area contributed by atoms with Gasteiger partial charge in [0.2, 0.25) is 0 Å². The van der Waals surface area contributed by atoms with E-state index in [2.05, 4.69) is 13.8 Å². The van der Waals surface area contributed by atoms with Gasteiger partial charge in [0.1, 0.15) is 46.4 Å². The SMILES string of the molecule is CCCCCCCCCCCC[N+]1(C(CC)S(=O)(=O)[O-])CC[N+](CCCCCCCCCCCC)(C(CC)S(=O)(=O)[O-])CC1. The third-order valence-corrected chi connectivity index (χ3v) is 13.4. The largest absolute Gasteiger partial charge is 0.743 e. The smallest absolute Gasteiger partial charge is 0.179 e. The third kappa shape index (κ3) is 15.1. The molecule has 1 saturated heterocycles. The van der Waals surface area contributed by atoms with Gasteiger partial charge in [-0.1, -0.05) is 130 Å². The summed E-state index contributed by atoms with van der Waals surface area (Å²) in [7, 11) is -9.06. The van der Waals surface area contributed by atoms with Gasteiger partial charge < -0.3 is 18.1 Å². The highest BCUT2D eigenvalue weighted by atomic mass is 32.2. The van der Waals surface area contributed by atoms with Crippen molar-refractivity contribution in [2.75, 3.05) is 39.3 Å². The van der Waals surface area contributed by atoms with Gasteiger partial charge in [-0.25, -0.2) is 16.8 Å². The van der Waals surface area contributed by atoms with Crippen molar-refractivity contribution in [3.8, 4) is 0 Å². The van der Waals surface area contributed by atoms with Crippen molar-refractivity contribution < 1.29 is 34.9 Å². The number of unbranched alkanes of at least 4 members (excludes halogenated alkanes) is 18. The zero-order valence-corrected chi connectivity index (χ0v) is 30.7. The molecule has 0 bridgehead atoms. The molecule has 8 nitrogen and oxygen atoms in total. The van der Waals surface area contributed by atoms with Crippen molar-refractivity contribution >= 4 is 20.2 Å². The average Bonchev–Trinajstić information content (AvgIpc) is 2.95. The van der Waals surface area contributed by atoms with Crippen LogP contribution < -0.4 is 0 Å². The third-order valence-electron chi connectivity index (χ3n) is 10.5. The zero-order valence-electron chi connectivity index (χ0n) is 29.1. The fourth-order valence-corrected chi connectivity index (χ4v) is 10.4. The molecule has 0 aliphatic carbocycles. The Morgan fingerprint density at radius 1 is 0.432 bits per heavy atom. The summed E-state index contributed by atoms with van der Waals surface area (Å²) in [5, 5.41) is -2.05. The van der Waals surface area contributed by atoms with E-state index in [9.17, 15) is 25.9 Å². The molecule has 0 spiro atoms. The van der Waals surface area contributed by atoms with Gasteiger partial charge in [-0.05, 0) is 25.7 Å². The first kappa shape index (κ1) is 41.8. The highest BCUT2D eigenvalue weighted by Crippen LogP contribution is 2.33. The molecule has 2 unspecified atom stereocenters. The van der Waals surface area contributed by atoms with Crippen molar-refractivity contribution in [2.45, 2.75) is 180 Å². The number of hydrogen-bond acceptors (Lipinski definition) is 6. The Balaban J connectivity index is 2.86. The van der Waals surface area contributed by atoms with Crippen LogP contribution in [0, 0.1) is 0 Å². The Hall–Kier alpha value is -0.260. The summed E-state index contributed by atoms with van der Waals surface area (Å²) in [6.07, 6.45) is 24.2. The molecule has 264 valence electrons. The van der Waals surface area contributed by atoms with E-state index in [0.717, 1.165) is 38.5 Å². The second kappa shape index (κ2) is 22.3. The molecule has 0 amide bonds. The van der Waals surface area contributed by atoms with Gasteiger partial charge in [0.25, 0.3) is 0 Å². The molecular formula is C34H70N2O6S2. The lowest BCUT2D eigenvalue weighted by atomic mass is 10.0. The first-order chi connectivity index (χ1) is 20.9. The summed E-state index contributed by atoms with van der Waals surface area (Å²) in [6, 6.07) is 0. The molecule has 1 heterocycles. The summed E-state index contributed by atoms with van der Waals surface area (Å²) < 4.78 is 75.5. The van der Waals surface area contributed by atoms with Crippen LogP contribution in [-0.4, -0.2) is 84.9 Å². The maximum Gasteiger partial charge on any atom is 0.179 e. The van der Waals surface area contributed by atoms with Gasteiger partial charge in [-0.3, -0.25) is 0 Å². The number of rotatable bonds is 28. The molecule has 44 heavy (non-hydrogen) atoms. The lowest BCUT2D eigenvalue weighted by Crippen LogP contribution is -2.73. The van der Waals surface area contributed by atoms with E-state index in [0.29, 0.717) is 39.3 Å². The van der Waals surface area contributed by atoms with Crippen molar-refractivity contribution in [1.82, 2.24) is 0 Å². The maximum absolute atomic E-state index is 12.5. The normalized spacial score (nSPS) is 22.7. The number of hydrogen-bond donors (Lipinski definition) is 0. The van der Waals surface area contributed by atoms with Gasteiger partial charge in [0.15, 0.2) is 10.7 Å². The van der Waals surface area contributed by atoms with Crippen LogP contribution in [0.15, 0.2) is 0 Å². The second-order valence-corrected chi connectivity index (χ2v) is 16.9. The van der Waals surface area contributed by atoms with E-state index in [1.165, 1.54) is 89.9 Å². The van der Waals surface area contributed by atoms with Crippen LogP contribution in [0.1, 0.15) is 169 Å². The van der Waals surface area contributed by atoms with Crippen LogP contribution >= 0.6 is 0 Å². The number of quaternary nitrogens is 2. The minimum atomic E-state index is -4.53. The van der Waals surface area contributed by atoms with E-state index < -0.39 is 31.0 Å². The first-order valence-electron chi connectivity index (χ1n) is 18.5. The lowest BCUT2D eigenvalue weighted by molar-refractivity contribution is -1.04. The standard InChI is InChI=1S/C34H70N2O6S2/c1-5-9-11-13-15-17-19-21-23-25-27-35(33(7-3)43(37,38)39)29-31-36(32-30-35,34(8-4)44(40,41)42)28-26-24-22-20-18-16-14-12-10-6-2/h33-34H,5-32H2,1-4H3. The van der Waals surface area contributed by atoms with E-state index in [-0.39, 0.29) is 21.8 Å². The summed E-state index contributed by atoms with van der Waals surface area (Å²) in [5.41, 5.74) is 0. The minimum Gasteiger partial charge on any atom is -0.743 e. The quantitative estimate of drug-likeness (QED) is 0.0474. The Morgan fingerprint density at radius 2 is 0.659 bits per heavy atom. The molecule has 0 aromatic rings. The number of piperazine rings is 1. The molecule has 10 heteroatoms. The molecule has 0 radical (unpaired) electrons. The molecule has 1 aliphatic heterocycles. The van der Waals surface area contributed by atoms with Crippen molar-refractivity contribution in [3.63, 3.8) is 0 Å². The van der Waals surface area contributed by atoms with Gasteiger partial charge >= 0.3 is 0 Å². The highest BCUT2D eigenvalue weighted by molar-refractivity contribution is 7.86. The van der Waals surface area contributed by atoms with Crippen LogP contribution in [0.4, 0.5) is 0 Å². The Bertz CT molecular complexity index is 857. The van der Waals surface area contributed by atoms with Gasteiger partial charge in [-0.2, -0.15) is 0 Å². The minimum absolute atomic E-state index is 0.215. The van der Waals surface area contributed by atoms with Crippen LogP contribution in [0.5, 0.6) is 0 Å². The highest BCUT2D eigenvalue weighted by Gasteiger charge is 2.51. The number of nitrogens with zero attached hydrogens (tertiary/aromatic N) is 2. The summed E-state index contributed by atoms with van der Waals surface area (Å²) in [4.78, 5) is 0. The monoisotopic (exact) mass is 666 g/mol. The van der Waals surface area contributed by atoms with E-state index in [1.807, 2.05) is 0 Å². The van der Waals surface area contributed by atoms with Crippen LogP contribution in [0.25, 0.3) is 0 Å². The predicted octanol–water partition coefficient (Wildman–Crippen LogP) is 8.04. The molecule has 1 aliphatic rings. The summed E-state index contributed by atoms with van der Waals surface area (Å²) in [5.74, 6) is 0. The lowest BCUT2D eigenvalue weighted by Gasteiger charge is -2.55. The molecule has 0 N–H and O–H groups in total. The van der Waals surface area contributed by atoms with E-state index in [1.54, 1.807) is 13.8 Å². The molecule has 0 saturated carbocycles.